The Bertz CT molecular complexity index is 370. The number of rotatable bonds is 8. The SMILES string of the molecule is CCCC(C)S(=O)(=O)OS(=O)(=O)C(C)CCC. The highest BCUT2D eigenvalue weighted by molar-refractivity contribution is 8.00. The van der Waals surface area contributed by atoms with Crippen molar-refractivity contribution in [1.82, 2.24) is 0 Å². The Morgan fingerprint density at radius 2 is 1.12 bits per heavy atom. The monoisotopic (exact) mass is 286 g/mol. The van der Waals surface area contributed by atoms with Gasteiger partial charge in [0.05, 0.1) is 10.5 Å². The van der Waals surface area contributed by atoms with Crippen molar-refractivity contribution in [3.8, 4) is 0 Å². The molecule has 5 nitrogen and oxygen atoms in total. The first-order valence-electron chi connectivity index (χ1n) is 5.86. The summed E-state index contributed by atoms with van der Waals surface area (Å²) in [5.74, 6) is 0. The maximum Gasteiger partial charge on any atom is 0.284 e. The number of hydrogen-bond donors (Lipinski definition) is 0. The highest BCUT2D eigenvalue weighted by Gasteiger charge is 2.31. The van der Waals surface area contributed by atoms with Gasteiger partial charge >= 0.3 is 0 Å². The van der Waals surface area contributed by atoms with Gasteiger partial charge in [-0.25, -0.2) is 0 Å². The highest BCUT2D eigenvalue weighted by Crippen LogP contribution is 2.18. The van der Waals surface area contributed by atoms with Crippen LogP contribution in [-0.2, 0) is 23.9 Å². The van der Waals surface area contributed by atoms with E-state index in [-0.39, 0.29) is 0 Å². The lowest BCUT2D eigenvalue weighted by Crippen LogP contribution is -2.28. The van der Waals surface area contributed by atoms with Crippen LogP contribution in [0, 0.1) is 0 Å². The van der Waals surface area contributed by atoms with E-state index >= 15 is 0 Å². The molecule has 0 bridgehead atoms. The van der Waals surface area contributed by atoms with E-state index in [0.717, 1.165) is 0 Å². The lowest BCUT2D eigenvalue weighted by atomic mass is 10.3. The molecule has 0 aliphatic carbocycles. The third kappa shape index (κ3) is 5.35. The van der Waals surface area contributed by atoms with E-state index in [4.69, 9.17) is 0 Å². The molecule has 0 fully saturated rings. The van der Waals surface area contributed by atoms with Crippen LogP contribution in [0.25, 0.3) is 0 Å². The Morgan fingerprint density at radius 3 is 1.35 bits per heavy atom. The fourth-order valence-corrected chi connectivity index (χ4v) is 4.55. The zero-order valence-electron chi connectivity index (χ0n) is 10.8. The summed E-state index contributed by atoms with van der Waals surface area (Å²) in [5, 5.41) is -1.59. The summed E-state index contributed by atoms with van der Waals surface area (Å²) in [7, 11) is -8.06. The second-order valence-corrected chi connectivity index (χ2v) is 8.38. The molecule has 104 valence electrons. The topological polar surface area (TPSA) is 77.5 Å². The van der Waals surface area contributed by atoms with E-state index < -0.39 is 30.7 Å². The molecule has 0 aliphatic rings. The van der Waals surface area contributed by atoms with Crippen LogP contribution in [-0.4, -0.2) is 27.3 Å². The van der Waals surface area contributed by atoms with Gasteiger partial charge in [-0.15, -0.1) is 3.63 Å². The minimum absolute atomic E-state index is 0.389. The van der Waals surface area contributed by atoms with Crippen molar-refractivity contribution in [3.63, 3.8) is 0 Å². The van der Waals surface area contributed by atoms with Gasteiger partial charge < -0.3 is 0 Å². The van der Waals surface area contributed by atoms with Gasteiger partial charge in [0, 0.05) is 0 Å². The molecule has 0 aromatic carbocycles. The van der Waals surface area contributed by atoms with Crippen LogP contribution in [0.15, 0.2) is 0 Å². The lowest BCUT2D eigenvalue weighted by Gasteiger charge is -2.15. The van der Waals surface area contributed by atoms with Gasteiger partial charge in [-0.2, -0.15) is 16.8 Å². The van der Waals surface area contributed by atoms with E-state index in [1.54, 1.807) is 0 Å². The average Bonchev–Trinajstić information content (AvgIpc) is 2.16. The van der Waals surface area contributed by atoms with Crippen LogP contribution in [0.1, 0.15) is 53.4 Å². The maximum absolute atomic E-state index is 11.6. The highest BCUT2D eigenvalue weighted by atomic mass is 32.3. The van der Waals surface area contributed by atoms with Crippen LogP contribution >= 0.6 is 0 Å². The van der Waals surface area contributed by atoms with Crippen molar-refractivity contribution in [1.29, 1.82) is 0 Å². The Labute approximate surface area is 105 Å². The Hall–Kier alpha value is -0.140. The van der Waals surface area contributed by atoms with Crippen molar-refractivity contribution in [2.24, 2.45) is 0 Å². The molecular weight excluding hydrogens is 264 g/mol. The fourth-order valence-electron chi connectivity index (χ4n) is 1.37. The first kappa shape index (κ1) is 16.9. The Morgan fingerprint density at radius 1 is 0.824 bits per heavy atom. The predicted octanol–water partition coefficient (Wildman–Crippen LogP) is 2.04. The van der Waals surface area contributed by atoms with E-state index in [0.29, 0.717) is 25.7 Å². The molecule has 17 heavy (non-hydrogen) atoms. The quantitative estimate of drug-likeness (QED) is 0.682. The van der Waals surface area contributed by atoms with Gasteiger partial charge in [0.1, 0.15) is 0 Å². The molecule has 0 amide bonds. The summed E-state index contributed by atoms with van der Waals surface area (Å²) < 4.78 is 51.0. The number of hydrogen-bond acceptors (Lipinski definition) is 5. The van der Waals surface area contributed by atoms with Gasteiger partial charge in [0.15, 0.2) is 0 Å². The Kier molecular flexibility index (Phi) is 6.65. The van der Waals surface area contributed by atoms with Crippen LogP contribution in [0.3, 0.4) is 0 Å². The van der Waals surface area contributed by atoms with Crippen LogP contribution in [0.5, 0.6) is 0 Å². The Balaban J connectivity index is 4.83. The molecule has 0 aromatic heterocycles. The van der Waals surface area contributed by atoms with Crippen molar-refractivity contribution in [3.05, 3.63) is 0 Å². The smallest absolute Gasteiger partial charge is 0.198 e. The van der Waals surface area contributed by atoms with Gasteiger partial charge in [-0.1, -0.05) is 26.7 Å². The molecule has 0 saturated heterocycles. The average molecular weight is 286 g/mol. The predicted molar refractivity (Wildman–Crippen MR) is 67.7 cm³/mol. The summed E-state index contributed by atoms with van der Waals surface area (Å²) in [6.45, 7) is 6.58. The van der Waals surface area contributed by atoms with Gasteiger partial charge in [0.25, 0.3) is 20.2 Å². The van der Waals surface area contributed by atoms with Gasteiger partial charge in [-0.05, 0) is 26.7 Å². The lowest BCUT2D eigenvalue weighted by molar-refractivity contribution is 0.440. The molecular formula is C10H22O5S2. The van der Waals surface area contributed by atoms with Crippen molar-refractivity contribution >= 4 is 20.2 Å². The summed E-state index contributed by atoms with van der Waals surface area (Å²) in [6, 6.07) is 0. The first-order valence-corrected chi connectivity index (χ1v) is 8.80. The fraction of sp³-hybridized carbons (Fsp3) is 1.00. The molecule has 0 spiro atoms. The minimum atomic E-state index is -4.03. The summed E-state index contributed by atoms with van der Waals surface area (Å²) in [4.78, 5) is 0. The summed E-state index contributed by atoms with van der Waals surface area (Å²) in [5.41, 5.74) is 0. The molecule has 0 heterocycles. The van der Waals surface area contributed by atoms with Crippen LogP contribution in [0.2, 0.25) is 0 Å². The molecule has 2 unspecified atom stereocenters. The molecule has 0 N–H and O–H groups in total. The van der Waals surface area contributed by atoms with Gasteiger partial charge in [0.2, 0.25) is 0 Å². The molecule has 7 heteroatoms. The molecule has 0 rings (SSSR count). The third-order valence-electron chi connectivity index (χ3n) is 2.57. The molecule has 0 radical (unpaired) electrons. The zero-order chi connectivity index (χ0) is 13.7. The standard InChI is InChI=1S/C10H22O5S2/c1-5-7-9(3)16(11,12)15-17(13,14)10(4)8-6-2/h9-10H,5-8H2,1-4H3. The van der Waals surface area contributed by atoms with E-state index in [1.807, 2.05) is 13.8 Å². The van der Waals surface area contributed by atoms with E-state index in [1.165, 1.54) is 13.8 Å². The summed E-state index contributed by atoms with van der Waals surface area (Å²) >= 11 is 0. The largest absolute Gasteiger partial charge is 0.284 e. The third-order valence-corrected chi connectivity index (χ3v) is 6.53. The van der Waals surface area contributed by atoms with Gasteiger partial charge in [-0.3, -0.25) is 0 Å². The second-order valence-electron chi connectivity index (χ2n) is 4.25. The minimum Gasteiger partial charge on any atom is -0.198 e. The van der Waals surface area contributed by atoms with Crippen molar-refractivity contribution < 1.29 is 20.5 Å². The summed E-state index contributed by atoms with van der Waals surface area (Å²) in [6.07, 6.45) is 2.10. The maximum atomic E-state index is 11.6. The molecule has 2 atom stereocenters. The second kappa shape index (κ2) is 6.70. The molecule has 0 aromatic rings. The van der Waals surface area contributed by atoms with E-state index in [9.17, 15) is 16.8 Å². The van der Waals surface area contributed by atoms with Crippen LogP contribution < -0.4 is 0 Å². The van der Waals surface area contributed by atoms with Crippen LogP contribution in [0.4, 0.5) is 0 Å². The normalized spacial score (nSPS) is 16.7. The van der Waals surface area contributed by atoms with E-state index in [2.05, 4.69) is 3.63 Å². The zero-order valence-corrected chi connectivity index (χ0v) is 12.5. The first-order chi connectivity index (χ1) is 7.67. The molecule has 0 saturated carbocycles. The van der Waals surface area contributed by atoms with Crippen molar-refractivity contribution in [2.75, 3.05) is 0 Å². The molecule has 0 aliphatic heterocycles. The van der Waals surface area contributed by atoms with Crippen molar-refractivity contribution in [2.45, 2.75) is 63.9 Å².